The van der Waals surface area contributed by atoms with E-state index >= 15 is 0 Å². The van der Waals surface area contributed by atoms with Crippen LogP contribution in [0.4, 0.5) is 5.69 Å². The molecule has 8 heteroatoms. The predicted octanol–water partition coefficient (Wildman–Crippen LogP) is 3.06. The zero-order valence-corrected chi connectivity index (χ0v) is 14.7. The zero-order valence-electron chi connectivity index (χ0n) is 13.9. The number of nitrogens with zero attached hydrogens (tertiary/aromatic N) is 6. The molecular weight excluding hydrogens is 348 g/mol. The summed E-state index contributed by atoms with van der Waals surface area (Å²) >= 11 is 1.26. The molecule has 2 heterocycles. The van der Waals surface area contributed by atoms with E-state index in [4.69, 9.17) is 0 Å². The van der Waals surface area contributed by atoms with Gasteiger partial charge in [-0.15, -0.1) is 5.10 Å². The summed E-state index contributed by atoms with van der Waals surface area (Å²) < 4.78 is 1.62. The Hall–Kier alpha value is -3.26. The molecule has 7 nitrogen and oxygen atoms in total. The second-order valence-electron chi connectivity index (χ2n) is 5.46. The van der Waals surface area contributed by atoms with Crippen LogP contribution in [0.25, 0.3) is 5.69 Å². The number of amidine groups is 1. The average molecular weight is 362 g/mol. The van der Waals surface area contributed by atoms with Crippen molar-refractivity contribution in [2.45, 2.75) is 12.1 Å². The van der Waals surface area contributed by atoms with Crippen LogP contribution in [0.5, 0.6) is 0 Å². The Morgan fingerprint density at radius 2 is 1.62 bits per heavy atom. The molecule has 1 amide bonds. The minimum atomic E-state index is -0.167. The molecule has 0 spiro atoms. The van der Waals surface area contributed by atoms with Gasteiger partial charge in [0.05, 0.1) is 11.4 Å². The highest BCUT2D eigenvalue weighted by Crippen LogP contribution is 2.27. The highest BCUT2D eigenvalue weighted by Gasteiger charge is 2.28. The van der Waals surface area contributed by atoms with E-state index in [1.54, 1.807) is 15.0 Å². The van der Waals surface area contributed by atoms with E-state index < -0.39 is 0 Å². The highest BCUT2D eigenvalue weighted by molar-refractivity contribution is 8.02. The fourth-order valence-electron chi connectivity index (χ4n) is 2.58. The lowest BCUT2D eigenvalue weighted by Gasteiger charge is -2.15. The van der Waals surface area contributed by atoms with Gasteiger partial charge in [-0.3, -0.25) is 9.69 Å². The molecule has 2 aromatic carbocycles. The summed E-state index contributed by atoms with van der Waals surface area (Å²) in [5.41, 5.74) is 2.00. The monoisotopic (exact) mass is 362 g/mol. The lowest BCUT2D eigenvalue weighted by Crippen LogP contribution is -2.29. The number of carbonyl (C=O) groups excluding carboxylic acids is 1. The molecule has 3 aromatic rings. The smallest absolute Gasteiger partial charge is 0.266 e. The van der Waals surface area contributed by atoms with Crippen molar-refractivity contribution in [3.63, 3.8) is 0 Å². The summed E-state index contributed by atoms with van der Waals surface area (Å²) in [4.78, 5) is 18.7. The van der Waals surface area contributed by atoms with Gasteiger partial charge >= 0.3 is 0 Å². The molecule has 1 aliphatic heterocycles. The van der Waals surface area contributed by atoms with Gasteiger partial charge < -0.3 is 0 Å². The second-order valence-corrected chi connectivity index (χ2v) is 6.30. The van der Waals surface area contributed by atoms with E-state index in [-0.39, 0.29) is 5.91 Å². The van der Waals surface area contributed by atoms with Crippen LogP contribution in [0, 0.1) is 0 Å². The molecule has 0 unspecified atom stereocenters. The Morgan fingerprint density at radius 1 is 0.962 bits per heavy atom. The van der Waals surface area contributed by atoms with Crippen molar-refractivity contribution < 1.29 is 4.79 Å². The van der Waals surface area contributed by atoms with Crippen molar-refractivity contribution in [1.29, 1.82) is 0 Å². The van der Waals surface area contributed by atoms with Gasteiger partial charge in [0.2, 0.25) is 5.16 Å². The number of amides is 1. The number of hydrogen-bond acceptors (Lipinski definition) is 6. The Kier molecular flexibility index (Phi) is 4.32. The summed E-state index contributed by atoms with van der Waals surface area (Å²) in [6.07, 6.45) is 0. The van der Waals surface area contributed by atoms with E-state index in [9.17, 15) is 4.79 Å². The van der Waals surface area contributed by atoms with Crippen LogP contribution in [0.2, 0.25) is 0 Å². The van der Waals surface area contributed by atoms with Gasteiger partial charge in [-0.2, -0.15) is 4.68 Å². The second kappa shape index (κ2) is 6.93. The fourth-order valence-corrected chi connectivity index (χ4v) is 3.28. The van der Waals surface area contributed by atoms with Crippen molar-refractivity contribution >= 4 is 29.2 Å². The van der Waals surface area contributed by atoms with Gasteiger partial charge in [0.15, 0.2) is 0 Å². The van der Waals surface area contributed by atoms with E-state index in [0.717, 1.165) is 11.4 Å². The molecule has 0 fully saturated rings. The van der Waals surface area contributed by atoms with Gasteiger partial charge in [0.25, 0.3) is 5.91 Å². The molecule has 0 bridgehead atoms. The molecule has 0 aliphatic carbocycles. The molecule has 1 aromatic heterocycles. The Balaban J connectivity index is 1.58. The summed E-state index contributed by atoms with van der Waals surface area (Å²) in [5, 5.41) is 14.0. The molecule has 0 atom stereocenters. The van der Waals surface area contributed by atoms with Crippen LogP contribution in [-0.2, 0) is 4.79 Å². The van der Waals surface area contributed by atoms with E-state index in [1.165, 1.54) is 11.8 Å². The minimum Gasteiger partial charge on any atom is -0.266 e. The Labute approximate surface area is 154 Å². The first kappa shape index (κ1) is 16.2. The number of rotatable bonds is 4. The largest absolute Gasteiger partial charge is 0.282 e. The van der Waals surface area contributed by atoms with Gasteiger partial charge in [-0.1, -0.05) is 48.2 Å². The van der Waals surface area contributed by atoms with Crippen molar-refractivity contribution in [2.75, 3.05) is 4.90 Å². The zero-order chi connectivity index (χ0) is 17.9. The first-order valence-corrected chi connectivity index (χ1v) is 8.77. The predicted molar refractivity (Wildman–Crippen MR) is 100 cm³/mol. The lowest BCUT2D eigenvalue weighted by atomic mass is 10.3. The van der Waals surface area contributed by atoms with Crippen LogP contribution in [-0.4, -0.2) is 32.0 Å². The molecule has 0 radical (unpaired) electrons. The topological polar surface area (TPSA) is 76.3 Å². The van der Waals surface area contributed by atoms with E-state index in [0.29, 0.717) is 16.7 Å². The van der Waals surface area contributed by atoms with Gasteiger partial charge in [0, 0.05) is 5.41 Å². The first-order valence-electron chi connectivity index (χ1n) is 7.89. The number of aliphatic imine (C=N–C) groups is 1. The van der Waals surface area contributed by atoms with Crippen molar-refractivity contribution in [2.24, 2.45) is 4.99 Å². The van der Waals surface area contributed by atoms with Gasteiger partial charge in [0.1, 0.15) is 11.5 Å². The number of aromatic nitrogens is 4. The normalized spacial score (nSPS) is 15.6. The standard InChI is InChI=1S/C18H14N6OS/c1-13-19-16(17(25)23(13)14-8-4-2-5-9-14)12-26-18-20-21-22-24(18)15-10-6-3-7-11-15/h2-12H,1H3/b16-12+. The van der Waals surface area contributed by atoms with Crippen LogP contribution in [0.1, 0.15) is 6.92 Å². The van der Waals surface area contributed by atoms with Crippen molar-refractivity contribution in [3.8, 4) is 5.69 Å². The van der Waals surface area contributed by atoms with Crippen LogP contribution >= 0.6 is 11.8 Å². The third kappa shape index (κ3) is 3.02. The van der Waals surface area contributed by atoms with E-state index in [2.05, 4.69) is 20.5 Å². The molecular formula is C18H14N6OS. The maximum Gasteiger partial charge on any atom is 0.282 e. The third-order valence-corrected chi connectivity index (χ3v) is 4.57. The first-order chi connectivity index (χ1) is 12.7. The fraction of sp³-hybridized carbons (Fsp3) is 0.0556. The summed E-state index contributed by atoms with van der Waals surface area (Å²) in [6.45, 7) is 1.81. The molecule has 0 saturated carbocycles. The summed E-state index contributed by atoms with van der Waals surface area (Å²) in [7, 11) is 0. The maximum absolute atomic E-state index is 12.7. The Bertz CT molecular complexity index is 997. The number of para-hydroxylation sites is 2. The molecule has 1 aliphatic rings. The van der Waals surface area contributed by atoms with Gasteiger partial charge in [-0.05, 0) is 41.6 Å². The SMILES string of the molecule is CC1=N/C(=C/Sc2nnnn2-c2ccccc2)C(=O)N1c1ccccc1. The van der Waals surface area contributed by atoms with Crippen molar-refractivity contribution in [3.05, 3.63) is 71.8 Å². The van der Waals surface area contributed by atoms with Crippen LogP contribution in [0.15, 0.2) is 81.9 Å². The lowest BCUT2D eigenvalue weighted by molar-refractivity contribution is -0.113. The summed E-state index contributed by atoms with van der Waals surface area (Å²) in [5.74, 6) is 0.468. The molecule has 4 rings (SSSR count). The quantitative estimate of drug-likeness (QED) is 0.527. The number of thioether (sulfide) groups is 1. The maximum atomic E-state index is 12.7. The number of benzene rings is 2. The number of anilines is 1. The van der Waals surface area contributed by atoms with Crippen molar-refractivity contribution in [1.82, 2.24) is 20.2 Å². The molecule has 0 N–H and O–H groups in total. The third-order valence-electron chi connectivity index (χ3n) is 3.76. The molecule has 0 saturated heterocycles. The number of tetrazole rings is 1. The summed E-state index contributed by atoms with van der Waals surface area (Å²) in [6, 6.07) is 19.0. The minimum absolute atomic E-state index is 0.167. The highest BCUT2D eigenvalue weighted by atomic mass is 32.2. The average Bonchev–Trinajstić information content (AvgIpc) is 3.25. The number of hydrogen-bond donors (Lipinski definition) is 0. The Morgan fingerprint density at radius 3 is 2.31 bits per heavy atom. The molecule has 128 valence electrons. The van der Waals surface area contributed by atoms with Crippen LogP contribution in [0.3, 0.4) is 0 Å². The van der Waals surface area contributed by atoms with Crippen LogP contribution < -0.4 is 4.90 Å². The van der Waals surface area contributed by atoms with Gasteiger partial charge in [-0.25, -0.2) is 4.99 Å². The van der Waals surface area contributed by atoms with E-state index in [1.807, 2.05) is 67.6 Å². The molecule has 26 heavy (non-hydrogen) atoms. The number of carbonyl (C=O) groups is 1.